The molecule has 6 rings (SSSR count). The Morgan fingerprint density at radius 2 is 1.80 bits per heavy atom. The van der Waals surface area contributed by atoms with Crippen molar-refractivity contribution in [2.24, 2.45) is 0 Å². The number of hydrogen-bond acceptors (Lipinski definition) is 7. The Hall–Kier alpha value is -4.33. The number of carbonyl (C=O) groups excluding carboxylic acids is 1. The molecule has 10 nitrogen and oxygen atoms in total. The third-order valence-corrected chi connectivity index (χ3v) is 9.90. The van der Waals surface area contributed by atoms with Gasteiger partial charge in [-0.2, -0.15) is 18.3 Å². The van der Waals surface area contributed by atoms with E-state index >= 15 is 0 Å². The molecule has 1 saturated heterocycles. The first-order valence-corrected chi connectivity index (χ1v) is 17.5. The zero-order valence-corrected chi connectivity index (χ0v) is 28.5. The second-order valence-corrected chi connectivity index (χ2v) is 13.8. The fourth-order valence-corrected chi connectivity index (χ4v) is 7.19. The molecule has 49 heavy (non-hydrogen) atoms. The normalized spacial score (nSPS) is 13.7. The summed E-state index contributed by atoms with van der Waals surface area (Å²) in [5.41, 5.74) is 3.53. The average Bonchev–Trinajstić information content (AvgIpc) is 3.83. The highest BCUT2D eigenvalue weighted by Crippen LogP contribution is 2.38. The number of rotatable bonds is 8. The quantitative estimate of drug-likeness (QED) is 0.120. The molecule has 1 aliphatic rings. The van der Waals surface area contributed by atoms with Gasteiger partial charge >= 0.3 is 6.18 Å². The van der Waals surface area contributed by atoms with E-state index in [0.29, 0.717) is 44.8 Å². The molecule has 1 amide bonds. The third-order valence-electron chi connectivity index (χ3n) is 7.60. The highest BCUT2D eigenvalue weighted by molar-refractivity contribution is 7.74. The number of benzene rings is 2. The van der Waals surface area contributed by atoms with Gasteiger partial charge in [-0.05, 0) is 67.4 Å². The van der Waals surface area contributed by atoms with Crippen LogP contribution >= 0.6 is 34.5 Å². The van der Waals surface area contributed by atoms with Gasteiger partial charge in [0.15, 0.2) is 5.69 Å². The van der Waals surface area contributed by atoms with Gasteiger partial charge in [-0.25, -0.2) is 23.1 Å². The lowest BCUT2D eigenvalue weighted by Gasteiger charge is -2.26. The number of hydrazine groups is 1. The van der Waals surface area contributed by atoms with E-state index in [1.165, 1.54) is 46.7 Å². The zero-order chi connectivity index (χ0) is 34.7. The Labute approximate surface area is 294 Å². The summed E-state index contributed by atoms with van der Waals surface area (Å²) in [7, 11) is -3.21. The molecular weight excluding hydrogens is 722 g/mol. The van der Waals surface area contributed by atoms with Crippen molar-refractivity contribution in [1.29, 1.82) is 0 Å². The van der Waals surface area contributed by atoms with Crippen molar-refractivity contribution in [3.8, 4) is 28.1 Å². The lowest BCUT2D eigenvalue weighted by molar-refractivity contribution is -0.137. The molecule has 0 unspecified atom stereocenters. The van der Waals surface area contributed by atoms with Crippen molar-refractivity contribution in [2.45, 2.75) is 32.0 Å². The average molecular weight is 749 g/mol. The molecule has 0 bridgehead atoms. The fraction of sp³-hybridized carbons (Fsp3) is 0.219. The number of halogens is 5. The second-order valence-electron chi connectivity index (χ2n) is 10.9. The van der Waals surface area contributed by atoms with Gasteiger partial charge in [0.2, 0.25) is 10.9 Å². The minimum Gasteiger partial charge on any atom is -0.331 e. The second kappa shape index (κ2) is 14.7. The van der Waals surface area contributed by atoms with Crippen LogP contribution in [0.1, 0.15) is 51.3 Å². The SMILES string of the molecule is O=C(NN1CCCCC1)c1nn(-c2ccc(Cl)cc2Cl)c(-c2ccc(C#Cc3ccc(C(F)(F)F)cc3)s2)c1CN(c1cnc[nH]1)[SH](=O)=O. The van der Waals surface area contributed by atoms with Crippen molar-refractivity contribution in [3.05, 3.63) is 104 Å². The smallest absolute Gasteiger partial charge is 0.331 e. The number of nitrogens with one attached hydrogen (secondary N) is 2. The molecule has 1 fully saturated rings. The van der Waals surface area contributed by atoms with E-state index in [4.69, 9.17) is 28.3 Å². The van der Waals surface area contributed by atoms with Crippen molar-refractivity contribution in [1.82, 2.24) is 30.2 Å². The first-order chi connectivity index (χ1) is 23.5. The standard InChI is InChI=1S/C32H26Cl2F3N7O3S2/c33-22-9-12-26(25(34)16-22)44-30(27-13-11-23(48-27)10-6-20-4-7-21(8-5-20)32(35,36)37)24(18-43(49(46)47)28-17-38-19-39-28)29(40-44)31(45)41-42-14-2-1-3-15-42/h4-5,7-9,11-13,16-17,19,49H,1-3,14-15,18H2,(H,38,39)(H,41,45). The van der Waals surface area contributed by atoms with Gasteiger partial charge in [-0.1, -0.05) is 41.5 Å². The largest absolute Gasteiger partial charge is 0.416 e. The Balaban J connectivity index is 1.48. The summed E-state index contributed by atoms with van der Waals surface area (Å²) in [6, 6.07) is 12.8. The molecule has 0 atom stereocenters. The summed E-state index contributed by atoms with van der Waals surface area (Å²) < 4.78 is 66.7. The molecule has 0 saturated carbocycles. The predicted molar refractivity (Wildman–Crippen MR) is 182 cm³/mol. The molecule has 0 radical (unpaired) electrons. The number of nitrogens with zero attached hydrogens (tertiary/aromatic N) is 5. The number of thiophene rings is 1. The summed E-state index contributed by atoms with van der Waals surface area (Å²) in [5.74, 6) is 5.50. The summed E-state index contributed by atoms with van der Waals surface area (Å²) in [6.45, 7) is 1.00. The van der Waals surface area contributed by atoms with E-state index in [1.54, 1.807) is 24.3 Å². The first-order valence-electron chi connectivity index (χ1n) is 14.8. The molecule has 0 spiro atoms. The van der Waals surface area contributed by atoms with Crippen LogP contribution < -0.4 is 9.73 Å². The van der Waals surface area contributed by atoms with Gasteiger partial charge < -0.3 is 4.98 Å². The van der Waals surface area contributed by atoms with Crippen LogP contribution in [-0.2, 0) is 23.6 Å². The van der Waals surface area contributed by atoms with Gasteiger partial charge in [-0.3, -0.25) is 14.5 Å². The van der Waals surface area contributed by atoms with Crippen LogP contribution in [0.2, 0.25) is 10.0 Å². The molecule has 0 aliphatic carbocycles. The number of piperidine rings is 1. The number of carbonyl (C=O) groups is 1. The molecule has 4 heterocycles. The van der Waals surface area contributed by atoms with E-state index in [9.17, 15) is 26.4 Å². The highest BCUT2D eigenvalue weighted by atomic mass is 35.5. The highest BCUT2D eigenvalue weighted by Gasteiger charge is 2.31. The van der Waals surface area contributed by atoms with E-state index in [0.717, 1.165) is 35.7 Å². The first kappa shape index (κ1) is 34.5. The van der Waals surface area contributed by atoms with Crippen LogP contribution in [0, 0.1) is 11.8 Å². The number of aromatic amines is 1. The van der Waals surface area contributed by atoms with Gasteiger partial charge in [0.05, 0.1) is 50.8 Å². The maximum absolute atomic E-state index is 13.9. The Bertz CT molecular complexity index is 2110. The predicted octanol–water partition coefficient (Wildman–Crippen LogP) is 6.71. The zero-order valence-electron chi connectivity index (χ0n) is 25.3. The Morgan fingerprint density at radius 1 is 1.04 bits per heavy atom. The summed E-state index contributed by atoms with van der Waals surface area (Å²) in [5, 5.41) is 7.13. The number of thiol groups is 1. The van der Waals surface area contributed by atoms with Crippen molar-refractivity contribution >= 4 is 57.2 Å². The van der Waals surface area contributed by atoms with Crippen molar-refractivity contribution in [2.75, 3.05) is 17.4 Å². The number of aromatic nitrogens is 4. The van der Waals surface area contributed by atoms with E-state index in [2.05, 4.69) is 27.2 Å². The molecule has 3 aromatic heterocycles. The van der Waals surface area contributed by atoms with E-state index in [-0.39, 0.29) is 28.6 Å². The fourth-order valence-electron chi connectivity index (χ4n) is 5.24. The monoisotopic (exact) mass is 747 g/mol. The number of anilines is 1. The minimum atomic E-state index is -4.46. The van der Waals surface area contributed by atoms with Crippen molar-refractivity contribution < 1.29 is 26.4 Å². The Morgan fingerprint density at radius 3 is 2.45 bits per heavy atom. The molecular formula is C32H26Cl2F3N7O3S2. The van der Waals surface area contributed by atoms with Gasteiger partial charge in [0.1, 0.15) is 5.82 Å². The summed E-state index contributed by atoms with van der Waals surface area (Å²) in [4.78, 5) is 21.8. The summed E-state index contributed by atoms with van der Waals surface area (Å²) >= 11 is 14.1. The molecule has 5 aromatic rings. The molecule has 254 valence electrons. The van der Waals surface area contributed by atoms with Crippen LogP contribution in [0.25, 0.3) is 16.3 Å². The lowest BCUT2D eigenvalue weighted by Crippen LogP contribution is -2.45. The number of hydrogen-bond donors (Lipinski definition) is 3. The lowest BCUT2D eigenvalue weighted by atomic mass is 10.1. The van der Waals surface area contributed by atoms with Gasteiger partial charge in [-0.15, -0.1) is 11.3 Å². The maximum Gasteiger partial charge on any atom is 0.416 e. The van der Waals surface area contributed by atoms with E-state index < -0.39 is 28.5 Å². The number of imidazole rings is 1. The van der Waals surface area contributed by atoms with Crippen molar-refractivity contribution in [3.63, 3.8) is 0 Å². The van der Waals surface area contributed by atoms with Crippen LogP contribution in [0.15, 0.2) is 67.1 Å². The third kappa shape index (κ3) is 7.95. The van der Waals surface area contributed by atoms with Gasteiger partial charge in [0.25, 0.3) is 5.91 Å². The van der Waals surface area contributed by atoms with Crippen LogP contribution in [-0.4, -0.2) is 52.2 Å². The molecule has 2 N–H and O–H groups in total. The molecule has 1 aliphatic heterocycles. The van der Waals surface area contributed by atoms with E-state index in [1.807, 2.05) is 5.01 Å². The number of H-pyrrole nitrogens is 1. The Kier molecular flexibility index (Phi) is 10.3. The topological polar surface area (TPSA) is 116 Å². The van der Waals surface area contributed by atoms with Crippen LogP contribution in [0.4, 0.5) is 19.0 Å². The minimum absolute atomic E-state index is 0.0289. The van der Waals surface area contributed by atoms with Crippen LogP contribution in [0.3, 0.4) is 0 Å². The molecule has 2 aromatic carbocycles. The molecule has 17 heteroatoms. The van der Waals surface area contributed by atoms with Crippen LogP contribution in [0.5, 0.6) is 0 Å². The van der Waals surface area contributed by atoms with Gasteiger partial charge in [0, 0.05) is 29.2 Å². The number of alkyl halides is 3. The maximum atomic E-state index is 13.9. The summed E-state index contributed by atoms with van der Waals surface area (Å²) in [6.07, 6.45) is 1.08. The number of amides is 1.